The Kier molecular flexibility index (Phi) is 5.16. The normalized spacial score (nSPS) is 24.1. The molecule has 25 heavy (non-hydrogen) atoms. The second-order valence-electron chi connectivity index (χ2n) is 8.33. The van der Waals surface area contributed by atoms with Crippen LogP contribution in [0.15, 0.2) is 10.6 Å². The molecule has 1 N–H and O–H groups in total. The van der Waals surface area contributed by atoms with Crippen molar-refractivity contribution in [2.45, 2.75) is 71.4 Å². The minimum absolute atomic E-state index is 0.00494. The van der Waals surface area contributed by atoms with Gasteiger partial charge in [0.2, 0.25) is 5.91 Å². The fourth-order valence-corrected chi connectivity index (χ4v) is 3.55. The first-order valence-electron chi connectivity index (χ1n) is 9.43. The number of rotatable bonds is 6. The van der Waals surface area contributed by atoms with E-state index in [4.69, 9.17) is 4.52 Å². The molecule has 1 aliphatic carbocycles. The summed E-state index contributed by atoms with van der Waals surface area (Å²) in [4.78, 5) is 27.4. The molecule has 1 aromatic heterocycles. The third kappa shape index (κ3) is 4.22. The average molecular weight is 347 g/mol. The van der Waals surface area contributed by atoms with Crippen LogP contribution in [0.3, 0.4) is 0 Å². The Bertz CT molecular complexity index is 634. The van der Waals surface area contributed by atoms with Gasteiger partial charge >= 0.3 is 0 Å². The van der Waals surface area contributed by atoms with Gasteiger partial charge in [-0.3, -0.25) is 9.59 Å². The molecule has 2 aliphatic rings. The highest BCUT2D eigenvalue weighted by Crippen LogP contribution is 2.40. The molecule has 6 nitrogen and oxygen atoms in total. The highest BCUT2D eigenvalue weighted by atomic mass is 16.5. The largest absolute Gasteiger partial charge is 0.360 e. The summed E-state index contributed by atoms with van der Waals surface area (Å²) in [5, 5.41) is 7.08. The van der Waals surface area contributed by atoms with Gasteiger partial charge in [-0.05, 0) is 37.5 Å². The summed E-state index contributed by atoms with van der Waals surface area (Å²) in [6.45, 7) is 8.91. The summed E-state index contributed by atoms with van der Waals surface area (Å²) >= 11 is 0. The zero-order valence-corrected chi connectivity index (χ0v) is 15.6. The standard InChI is InChI=1S/C19H29N3O3/c1-11(2)7-14-10-22(16(8-12(3)4)18(23)20-14)19(24)15-9-17(25-21-15)13-5-6-13/h9,11-14,16H,5-8,10H2,1-4H3,(H,20,23)/t14-,16-/m0/s1. The number of carbonyl (C=O) groups excluding carboxylic acids is 2. The highest BCUT2D eigenvalue weighted by molar-refractivity contribution is 5.97. The fourth-order valence-electron chi connectivity index (χ4n) is 3.55. The third-order valence-electron chi connectivity index (χ3n) is 4.88. The summed E-state index contributed by atoms with van der Waals surface area (Å²) in [5.74, 6) is 1.75. The quantitative estimate of drug-likeness (QED) is 0.858. The maximum Gasteiger partial charge on any atom is 0.276 e. The topological polar surface area (TPSA) is 75.4 Å². The van der Waals surface area contributed by atoms with Gasteiger partial charge in [0.05, 0.1) is 0 Å². The zero-order valence-electron chi connectivity index (χ0n) is 15.6. The van der Waals surface area contributed by atoms with Gasteiger partial charge in [-0.15, -0.1) is 0 Å². The summed E-state index contributed by atoms with van der Waals surface area (Å²) in [6, 6.07) is 1.32. The third-order valence-corrected chi connectivity index (χ3v) is 4.88. The molecule has 0 spiro atoms. The number of aromatic nitrogens is 1. The fraction of sp³-hybridized carbons (Fsp3) is 0.737. The average Bonchev–Trinajstić information content (AvgIpc) is 3.25. The Labute approximate surface area is 149 Å². The summed E-state index contributed by atoms with van der Waals surface area (Å²) < 4.78 is 5.34. The molecule has 0 unspecified atom stereocenters. The minimum Gasteiger partial charge on any atom is -0.360 e. The van der Waals surface area contributed by atoms with Gasteiger partial charge in [-0.25, -0.2) is 0 Å². The first-order valence-corrected chi connectivity index (χ1v) is 9.43. The van der Waals surface area contributed by atoms with Gasteiger partial charge in [0, 0.05) is 24.6 Å². The first kappa shape index (κ1) is 18.0. The Morgan fingerprint density at radius 3 is 2.56 bits per heavy atom. The lowest BCUT2D eigenvalue weighted by atomic mass is 9.94. The predicted molar refractivity (Wildman–Crippen MR) is 94.1 cm³/mol. The molecule has 6 heteroatoms. The lowest BCUT2D eigenvalue weighted by Gasteiger charge is -2.40. The van der Waals surface area contributed by atoms with Crippen LogP contribution in [0.4, 0.5) is 0 Å². The van der Waals surface area contributed by atoms with E-state index in [0.717, 1.165) is 25.0 Å². The van der Waals surface area contributed by atoms with Crippen LogP contribution in [0.2, 0.25) is 0 Å². The van der Waals surface area contributed by atoms with E-state index in [2.05, 4.69) is 38.2 Å². The van der Waals surface area contributed by atoms with Gasteiger partial charge in [0.1, 0.15) is 11.8 Å². The maximum absolute atomic E-state index is 13.0. The van der Waals surface area contributed by atoms with Gasteiger partial charge in [-0.2, -0.15) is 0 Å². The molecule has 0 bridgehead atoms. The zero-order chi connectivity index (χ0) is 18.1. The molecule has 1 saturated carbocycles. The van der Waals surface area contributed by atoms with Crippen LogP contribution in [0.25, 0.3) is 0 Å². The van der Waals surface area contributed by atoms with Crippen LogP contribution in [-0.2, 0) is 4.79 Å². The first-order chi connectivity index (χ1) is 11.8. The van der Waals surface area contributed by atoms with E-state index >= 15 is 0 Å². The van der Waals surface area contributed by atoms with E-state index in [1.807, 2.05) is 0 Å². The van der Waals surface area contributed by atoms with Crippen molar-refractivity contribution in [2.24, 2.45) is 11.8 Å². The highest BCUT2D eigenvalue weighted by Gasteiger charge is 2.39. The van der Waals surface area contributed by atoms with Gasteiger partial charge in [0.25, 0.3) is 5.91 Å². The molecule has 1 aliphatic heterocycles. The second kappa shape index (κ2) is 7.18. The molecule has 0 radical (unpaired) electrons. The van der Waals surface area contributed by atoms with Crippen molar-refractivity contribution in [3.63, 3.8) is 0 Å². The van der Waals surface area contributed by atoms with E-state index < -0.39 is 6.04 Å². The van der Waals surface area contributed by atoms with E-state index in [-0.39, 0.29) is 17.9 Å². The maximum atomic E-state index is 13.0. The predicted octanol–water partition coefficient (Wildman–Crippen LogP) is 2.95. The molecule has 3 rings (SSSR count). The Balaban J connectivity index is 1.80. The van der Waals surface area contributed by atoms with Crippen molar-refractivity contribution in [3.05, 3.63) is 17.5 Å². The number of hydrogen-bond acceptors (Lipinski definition) is 4. The van der Waals surface area contributed by atoms with Crippen LogP contribution < -0.4 is 5.32 Å². The molecule has 2 amide bonds. The number of carbonyl (C=O) groups is 2. The van der Waals surface area contributed by atoms with Crippen LogP contribution in [0.1, 0.15) is 75.5 Å². The Morgan fingerprint density at radius 2 is 1.96 bits per heavy atom. The molecule has 1 aromatic rings. The van der Waals surface area contributed by atoms with Gasteiger partial charge in [0.15, 0.2) is 5.69 Å². The minimum atomic E-state index is -0.433. The molecule has 2 atom stereocenters. The van der Waals surface area contributed by atoms with Gasteiger partial charge < -0.3 is 14.7 Å². The van der Waals surface area contributed by atoms with Crippen molar-refractivity contribution in [1.29, 1.82) is 0 Å². The van der Waals surface area contributed by atoms with Crippen LogP contribution >= 0.6 is 0 Å². The number of piperazine rings is 1. The van der Waals surface area contributed by atoms with Crippen molar-refractivity contribution in [1.82, 2.24) is 15.4 Å². The summed E-state index contributed by atoms with van der Waals surface area (Å²) in [5.41, 5.74) is 0.327. The molecular formula is C19H29N3O3. The molecular weight excluding hydrogens is 318 g/mol. The van der Waals surface area contributed by atoms with Gasteiger partial charge in [-0.1, -0.05) is 32.9 Å². The monoisotopic (exact) mass is 347 g/mol. The lowest BCUT2D eigenvalue weighted by molar-refractivity contribution is -0.130. The van der Waals surface area contributed by atoms with E-state index in [1.165, 1.54) is 0 Å². The summed E-state index contributed by atoms with van der Waals surface area (Å²) in [7, 11) is 0. The SMILES string of the molecule is CC(C)C[C@H]1CN(C(=O)c2cc(C3CC3)on2)[C@@H](CC(C)C)C(=O)N1. The number of nitrogens with zero attached hydrogens (tertiary/aromatic N) is 2. The van der Waals surface area contributed by atoms with Crippen LogP contribution in [0.5, 0.6) is 0 Å². The second-order valence-corrected chi connectivity index (χ2v) is 8.33. The molecule has 2 heterocycles. The van der Waals surface area contributed by atoms with Crippen molar-refractivity contribution in [3.8, 4) is 0 Å². The van der Waals surface area contributed by atoms with Crippen molar-refractivity contribution >= 4 is 11.8 Å². The smallest absolute Gasteiger partial charge is 0.276 e. The number of nitrogens with one attached hydrogen (secondary N) is 1. The van der Waals surface area contributed by atoms with E-state index in [1.54, 1.807) is 11.0 Å². The lowest BCUT2D eigenvalue weighted by Crippen LogP contribution is -2.62. The molecule has 2 fully saturated rings. The number of amides is 2. The van der Waals surface area contributed by atoms with Crippen LogP contribution in [0, 0.1) is 11.8 Å². The van der Waals surface area contributed by atoms with Crippen molar-refractivity contribution < 1.29 is 14.1 Å². The van der Waals surface area contributed by atoms with Crippen molar-refractivity contribution in [2.75, 3.05) is 6.54 Å². The summed E-state index contributed by atoms with van der Waals surface area (Å²) in [6.07, 6.45) is 3.71. The molecule has 138 valence electrons. The Morgan fingerprint density at radius 1 is 1.28 bits per heavy atom. The molecule has 1 saturated heterocycles. The van der Waals surface area contributed by atoms with Crippen LogP contribution in [-0.4, -0.2) is 40.5 Å². The van der Waals surface area contributed by atoms with E-state index in [9.17, 15) is 9.59 Å². The Hall–Kier alpha value is -1.85. The molecule has 0 aromatic carbocycles. The van der Waals surface area contributed by atoms with E-state index in [0.29, 0.717) is 36.4 Å². The number of hydrogen-bond donors (Lipinski definition) is 1.